The van der Waals surface area contributed by atoms with Crippen LogP contribution in [0.2, 0.25) is 0 Å². The van der Waals surface area contributed by atoms with Gasteiger partial charge in [-0.3, -0.25) is 10.1 Å². The standard InChI is InChI=1S/C36H33NO13/c1-45-26-18-24(25(37(43)44)19-27(26)46-2)20-47-32-30(48-34(40)21-12-6-3-7-13-21)28(38)29(39)31(49-35(41)22-14-8-4-9-15-22)33(32)50-36(42)23-16-10-5-11-17-23/h3-19,28-33,38-39H,20H2,1-2H3/t28-,29+,30-,31-,32+,33+/m0/s1. The Hall–Kier alpha value is -5.83. The number of hydrogen-bond donors (Lipinski definition) is 2. The minimum Gasteiger partial charge on any atom is -0.493 e. The molecule has 14 nitrogen and oxygen atoms in total. The molecule has 1 aliphatic carbocycles. The first kappa shape index (κ1) is 35.5. The fourth-order valence-corrected chi connectivity index (χ4v) is 5.43. The second-order valence-corrected chi connectivity index (χ2v) is 11.1. The van der Waals surface area contributed by atoms with Gasteiger partial charge < -0.3 is 38.6 Å². The molecule has 4 aromatic rings. The molecule has 4 aromatic carbocycles. The van der Waals surface area contributed by atoms with Gasteiger partial charge in [-0.05, 0) is 42.5 Å². The van der Waals surface area contributed by atoms with Crippen LogP contribution in [0.1, 0.15) is 36.6 Å². The van der Waals surface area contributed by atoms with Crippen LogP contribution in [0.15, 0.2) is 103 Å². The minimum atomic E-state index is -1.97. The molecule has 0 saturated heterocycles. The van der Waals surface area contributed by atoms with Crippen LogP contribution >= 0.6 is 0 Å². The van der Waals surface area contributed by atoms with Gasteiger partial charge in [0.1, 0.15) is 18.3 Å². The van der Waals surface area contributed by atoms with E-state index in [9.17, 15) is 34.7 Å². The van der Waals surface area contributed by atoms with Gasteiger partial charge in [0, 0.05) is 0 Å². The number of methoxy groups -OCH3 is 2. The summed E-state index contributed by atoms with van der Waals surface area (Å²) in [4.78, 5) is 51.4. The summed E-state index contributed by atoms with van der Waals surface area (Å²) in [5.74, 6) is -2.60. The zero-order chi connectivity index (χ0) is 35.8. The van der Waals surface area contributed by atoms with Crippen LogP contribution in [0, 0.1) is 10.1 Å². The molecule has 0 amide bonds. The fraction of sp³-hybridized carbons (Fsp3) is 0.250. The zero-order valence-corrected chi connectivity index (χ0v) is 26.8. The zero-order valence-electron chi connectivity index (χ0n) is 26.8. The predicted molar refractivity (Wildman–Crippen MR) is 174 cm³/mol. The van der Waals surface area contributed by atoms with Crippen molar-refractivity contribution in [3.05, 3.63) is 135 Å². The quantitative estimate of drug-likeness (QED) is 0.0945. The molecule has 1 fully saturated rings. The summed E-state index contributed by atoms with van der Waals surface area (Å²) in [5, 5.41) is 34.9. The lowest BCUT2D eigenvalue weighted by atomic mass is 9.84. The smallest absolute Gasteiger partial charge is 0.338 e. The second-order valence-electron chi connectivity index (χ2n) is 11.1. The third-order valence-corrected chi connectivity index (χ3v) is 7.97. The summed E-state index contributed by atoms with van der Waals surface area (Å²) in [6.45, 7) is -0.595. The van der Waals surface area contributed by atoms with Gasteiger partial charge in [0.2, 0.25) is 0 Å². The van der Waals surface area contributed by atoms with Crippen molar-refractivity contribution in [2.45, 2.75) is 43.2 Å². The van der Waals surface area contributed by atoms with Gasteiger partial charge in [-0.15, -0.1) is 0 Å². The second kappa shape index (κ2) is 16.0. The van der Waals surface area contributed by atoms with Crippen molar-refractivity contribution in [2.75, 3.05) is 14.2 Å². The minimum absolute atomic E-state index is 0.0348. The molecule has 0 bridgehead atoms. The Kier molecular flexibility index (Phi) is 11.4. The van der Waals surface area contributed by atoms with Crippen molar-refractivity contribution in [2.24, 2.45) is 0 Å². The highest BCUT2D eigenvalue weighted by atomic mass is 16.6. The molecule has 1 aliphatic rings. The van der Waals surface area contributed by atoms with Crippen LogP contribution in [-0.4, -0.2) is 83.9 Å². The van der Waals surface area contributed by atoms with E-state index in [1.807, 2.05) is 0 Å². The van der Waals surface area contributed by atoms with Crippen LogP contribution in [0.25, 0.3) is 0 Å². The van der Waals surface area contributed by atoms with Crippen molar-refractivity contribution in [3.8, 4) is 11.5 Å². The van der Waals surface area contributed by atoms with Gasteiger partial charge in [0.15, 0.2) is 29.8 Å². The largest absolute Gasteiger partial charge is 0.493 e. The van der Waals surface area contributed by atoms with Gasteiger partial charge >= 0.3 is 17.9 Å². The van der Waals surface area contributed by atoms with Crippen LogP contribution in [0.3, 0.4) is 0 Å². The molecular weight excluding hydrogens is 654 g/mol. The maximum atomic E-state index is 13.5. The first-order chi connectivity index (χ1) is 24.1. The van der Waals surface area contributed by atoms with Gasteiger partial charge in [-0.1, -0.05) is 54.6 Å². The number of esters is 3. The van der Waals surface area contributed by atoms with E-state index in [1.165, 1.54) is 56.7 Å². The third-order valence-electron chi connectivity index (χ3n) is 7.97. The van der Waals surface area contributed by atoms with Gasteiger partial charge in [-0.25, -0.2) is 14.4 Å². The number of nitro groups is 1. The summed E-state index contributed by atoms with van der Waals surface area (Å²) < 4.78 is 33.9. The maximum absolute atomic E-state index is 13.5. The molecule has 0 unspecified atom stereocenters. The SMILES string of the molecule is COc1cc(CO[C@H]2[C@H](OC(=O)c3ccccc3)[C@@H](OC(=O)c3ccccc3)[C@H](O)[C@H](O)[C@@H]2OC(=O)c2ccccc2)c([N+](=O)[O-])cc1OC. The Morgan fingerprint density at radius 2 is 1.00 bits per heavy atom. The van der Waals surface area contributed by atoms with Gasteiger partial charge in [0.05, 0.1) is 54.1 Å². The molecule has 0 aromatic heterocycles. The van der Waals surface area contributed by atoms with E-state index < -0.39 is 71.7 Å². The first-order valence-corrected chi connectivity index (χ1v) is 15.3. The maximum Gasteiger partial charge on any atom is 0.338 e. The average molecular weight is 688 g/mol. The molecule has 50 heavy (non-hydrogen) atoms. The van der Waals surface area contributed by atoms with E-state index in [-0.39, 0.29) is 33.8 Å². The number of aliphatic hydroxyl groups excluding tert-OH is 2. The number of rotatable bonds is 12. The van der Waals surface area contributed by atoms with E-state index in [1.54, 1.807) is 54.6 Å². The molecule has 260 valence electrons. The van der Waals surface area contributed by atoms with Crippen molar-refractivity contribution in [3.63, 3.8) is 0 Å². The lowest BCUT2D eigenvalue weighted by molar-refractivity contribution is -0.386. The Balaban J connectivity index is 1.58. The number of nitrogens with zero attached hydrogens (tertiary/aromatic N) is 1. The number of carbonyl (C=O) groups is 3. The molecule has 0 aliphatic heterocycles. The lowest BCUT2D eigenvalue weighted by Gasteiger charge is -2.45. The monoisotopic (exact) mass is 687 g/mol. The van der Waals surface area contributed by atoms with Crippen LogP contribution in [-0.2, 0) is 25.6 Å². The first-order valence-electron chi connectivity index (χ1n) is 15.3. The molecule has 0 radical (unpaired) electrons. The molecule has 0 spiro atoms. The summed E-state index contributed by atoms with van der Waals surface area (Å²) in [6.07, 6.45) is -10.9. The summed E-state index contributed by atoms with van der Waals surface area (Å²) in [6, 6.07) is 25.6. The highest BCUT2D eigenvalue weighted by molar-refractivity contribution is 5.91. The van der Waals surface area contributed by atoms with Crippen molar-refractivity contribution < 1.29 is 57.9 Å². The van der Waals surface area contributed by atoms with Crippen molar-refractivity contribution in [1.82, 2.24) is 0 Å². The summed E-state index contributed by atoms with van der Waals surface area (Å²) in [5.41, 5.74) is -0.222. The normalized spacial score (nSPS) is 21.4. The van der Waals surface area contributed by atoms with Crippen LogP contribution in [0.5, 0.6) is 11.5 Å². The third kappa shape index (κ3) is 7.89. The Bertz CT molecular complexity index is 1800. The molecular formula is C36H33NO13. The molecule has 2 N–H and O–H groups in total. The highest BCUT2D eigenvalue weighted by Crippen LogP contribution is 2.37. The number of benzene rings is 4. The molecule has 5 rings (SSSR count). The predicted octanol–water partition coefficient (Wildman–Crippen LogP) is 3.91. The van der Waals surface area contributed by atoms with Crippen LogP contribution < -0.4 is 9.47 Å². The van der Waals surface area contributed by atoms with Gasteiger partial charge in [0.25, 0.3) is 5.69 Å². The molecule has 1 saturated carbocycles. The molecule has 0 heterocycles. The Morgan fingerprint density at radius 3 is 1.40 bits per heavy atom. The van der Waals surface area contributed by atoms with Crippen LogP contribution in [0.4, 0.5) is 5.69 Å². The average Bonchev–Trinajstić information content (AvgIpc) is 3.15. The fourth-order valence-electron chi connectivity index (χ4n) is 5.43. The Morgan fingerprint density at radius 1 is 0.620 bits per heavy atom. The van der Waals surface area contributed by atoms with Crippen molar-refractivity contribution in [1.29, 1.82) is 0 Å². The highest BCUT2D eigenvalue weighted by Gasteiger charge is 2.56. The topological polar surface area (TPSA) is 190 Å². The molecule has 14 heteroatoms. The van der Waals surface area contributed by atoms with E-state index in [2.05, 4.69) is 0 Å². The number of carbonyl (C=O) groups excluding carboxylic acids is 3. The number of nitro benzene ring substituents is 1. The Labute approximate surface area is 285 Å². The summed E-state index contributed by atoms with van der Waals surface area (Å²) >= 11 is 0. The lowest BCUT2D eigenvalue weighted by Crippen LogP contribution is -2.67. The van der Waals surface area contributed by atoms with E-state index in [0.29, 0.717) is 0 Å². The van der Waals surface area contributed by atoms with E-state index >= 15 is 0 Å². The van der Waals surface area contributed by atoms with Crippen molar-refractivity contribution >= 4 is 23.6 Å². The molecule has 6 atom stereocenters. The number of ether oxygens (including phenoxy) is 6. The summed E-state index contributed by atoms with van der Waals surface area (Å²) in [7, 11) is 2.64. The number of hydrogen-bond acceptors (Lipinski definition) is 13. The van der Waals surface area contributed by atoms with E-state index in [0.717, 1.165) is 6.07 Å². The number of aliphatic hydroxyl groups is 2. The van der Waals surface area contributed by atoms with E-state index in [4.69, 9.17) is 28.4 Å². The van der Waals surface area contributed by atoms with Gasteiger partial charge in [-0.2, -0.15) is 0 Å².